The van der Waals surface area contributed by atoms with Crippen molar-refractivity contribution in [3.63, 3.8) is 0 Å². The highest BCUT2D eigenvalue weighted by atomic mass is 35.5. The van der Waals surface area contributed by atoms with E-state index in [4.69, 9.17) is 5.21 Å². The van der Waals surface area contributed by atoms with Gasteiger partial charge in [0.25, 0.3) is 0 Å². The number of rotatable bonds is 0. The molecule has 0 aromatic rings. The zero-order valence-corrected chi connectivity index (χ0v) is 2.62. The van der Waals surface area contributed by atoms with Gasteiger partial charge in [-0.15, -0.1) is 0 Å². The second-order valence-corrected chi connectivity index (χ2v) is 0.445. The van der Waals surface area contributed by atoms with Crippen LogP contribution in [0.3, 0.4) is 0 Å². The van der Waals surface area contributed by atoms with E-state index in [0.717, 1.165) is 5.67 Å². The summed E-state index contributed by atoms with van der Waals surface area (Å²) < 4.78 is 0. The van der Waals surface area contributed by atoms with Gasteiger partial charge < -0.3 is 5.21 Å². The van der Waals surface area contributed by atoms with Crippen LogP contribution in [0.25, 0.3) is 0 Å². The molecule has 0 atom stereocenters. The van der Waals surface area contributed by atoms with Gasteiger partial charge in [-0.25, -0.2) is 5.16 Å². The molecule has 3 heteroatoms. The van der Waals surface area contributed by atoms with Crippen LogP contribution in [0.2, 0.25) is 0 Å². The van der Waals surface area contributed by atoms with Crippen molar-refractivity contribution in [2.75, 3.05) is 0 Å². The number of halogens is 1. The maximum absolute atomic E-state index is 8.86. The van der Waals surface area contributed by atoms with Crippen molar-refractivity contribution in [3.05, 3.63) is 5.21 Å². The molecule has 2 nitrogen and oxygen atoms in total. The minimum absolute atomic E-state index is 0.792. The highest BCUT2D eigenvalue weighted by Gasteiger charge is 1.40. The predicted molar refractivity (Wildman–Crippen MR) is 16.2 cm³/mol. The number of hydrogen-bond donors (Lipinski definition) is 1. The molecule has 0 radical (unpaired) electrons. The van der Waals surface area contributed by atoms with Crippen molar-refractivity contribution in [1.29, 1.82) is 0 Å². The fourth-order valence-electron chi connectivity index (χ4n) is 0. The lowest BCUT2D eigenvalue weighted by molar-refractivity contribution is -0.364. The smallest absolute Gasteiger partial charge is 0.241 e. The molecule has 0 aromatic carbocycles. The van der Waals surface area contributed by atoms with Gasteiger partial charge >= 0.3 is 0 Å². The van der Waals surface area contributed by atoms with E-state index in [1.54, 1.807) is 0 Å². The first-order valence-corrected chi connectivity index (χ1v) is 1.15. The summed E-state index contributed by atoms with van der Waals surface area (Å²) in [5.74, 6) is 0. The fourth-order valence-corrected chi connectivity index (χ4v) is 0. The Kier molecular flexibility index (Phi) is 2.59. The van der Waals surface area contributed by atoms with E-state index in [-0.39, 0.29) is 0 Å². The molecule has 4 heavy (non-hydrogen) atoms. The Balaban J connectivity index is 2.55. The summed E-state index contributed by atoms with van der Waals surface area (Å²) in [7, 11) is 0. The molecule has 0 saturated carbocycles. The van der Waals surface area contributed by atoms with Crippen LogP contribution in [0.5, 0.6) is 0 Å². The Labute approximate surface area is 28.7 Å². The number of hydrogen-bond acceptors (Lipinski definition) is 1. The summed E-state index contributed by atoms with van der Waals surface area (Å²) in [4.78, 5) is 0. The highest BCUT2D eigenvalue weighted by Crippen LogP contribution is 1.38. The summed E-state index contributed by atoms with van der Waals surface area (Å²) in [6.07, 6.45) is 0. The van der Waals surface area contributed by atoms with Crippen molar-refractivity contribution in [2.45, 2.75) is 0 Å². The van der Waals surface area contributed by atoms with Gasteiger partial charge in [0, 0.05) is 0 Å². The first-order valence-electron chi connectivity index (χ1n) is 0.711. The van der Waals surface area contributed by atoms with Gasteiger partial charge in [0.05, 0.1) is 0 Å². The molecule has 0 aliphatic rings. The minimum atomic E-state index is 0.792. The predicted octanol–water partition coefficient (Wildman–Crippen LogP) is -1.17. The zero-order chi connectivity index (χ0) is 3.41. The van der Waals surface area contributed by atoms with Crippen LogP contribution in [0.1, 0.15) is 0 Å². The van der Waals surface area contributed by atoms with Gasteiger partial charge in [-0.1, -0.05) is 0 Å². The van der Waals surface area contributed by atoms with Crippen LogP contribution in [0.15, 0.2) is 0 Å². The summed E-state index contributed by atoms with van der Waals surface area (Å²) in [6, 6.07) is 0. The molecular weight excluding hydrogens is 77.5 g/mol. The fraction of sp³-hybridized carbons (Fsp3) is 0. The monoisotopic (exact) mass is 79.0 g/mol. The molecule has 24 valence electrons. The Morgan fingerprint density at radius 2 is 2.25 bits per heavy atom. The van der Waals surface area contributed by atoms with Crippen molar-refractivity contribution in [1.82, 2.24) is 0 Å². The van der Waals surface area contributed by atoms with E-state index in [9.17, 15) is 0 Å². The maximum Gasteiger partial charge on any atom is 0.241 e. The van der Waals surface area contributed by atoms with Crippen LogP contribution in [-0.4, -0.2) is 5.67 Å². The maximum atomic E-state index is 8.86. The largest absolute Gasteiger partial charge is 0.625 e. The van der Waals surface area contributed by atoms with Gasteiger partial charge in [-0.05, 0) is 11.6 Å². The Hall–Kier alpha value is -0.240. The normalized spacial score (nSPS) is 9.25. The SMILES string of the molecule is [O-][NH+]=CCl. The highest BCUT2D eigenvalue weighted by molar-refractivity contribution is 6.54. The van der Waals surface area contributed by atoms with Gasteiger partial charge in [0.15, 0.2) is 0 Å². The minimum Gasteiger partial charge on any atom is -0.625 e. The molecule has 0 amide bonds. The van der Waals surface area contributed by atoms with E-state index in [1.807, 2.05) is 0 Å². The summed E-state index contributed by atoms with van der Waals surface area (Å²) in [6.45, 7) is 0. The first kappa shape index (κ1) is 3.76. The molecule has 0 unspecified atom stereocenters. The molecule has 0 heterocycles. The Morgan fingerprint density at radius 3 is 2.25 bits per heavy atom. The van der Waals surface area contributed by atoms with Gasteiger partial charge in [-0.3, -0.25) is 0 Å². The average molecular weight is 79.5 g/mol. The van der Waals surface area contributed by atoms with E-state index >= 15 is 0 Å². The van der Waals surface area contributed by atoms with Crippen LogP contribution >= 0.6 is 11.6 Å². The molecule has 0 bridgehead atoms. The lowest BCUT2D eigenvalue weighted by Gasteiger charge is -1.62. The van der Waals surface area contributed by atoms with E-state index in [2.05, 4.69) is 11.6 Å². The number of nitrogens with one attached hydrogen (secondary N) is 1. The van der Waals surface area contributed by atoms with Crippen LogP contribution in [-0.2, 0) is 0 Å². The lowest BCUT2D eigenvalue weighted by atomic mass is 11.7. The standard InChI is InChI=1S/CH2ClNO/c2-1-3-4/h1,3H. The van der Waals surface area contributed by atoms with Crippen LogP contribution in [0, 0.1) is 5.21 Å². The molecule has 0 fully saturated rings. The summed E-state index contributed by atoms with van der Waals surface area (Å²) >= 11 is 4.64. The molecule has 0 spiro atoms. The van der Waals surface area contributed by atoms with Crippen molar-refractivity contribution in [2.24, 2.45) is 0 Å². The molecule has 0 aliphatic carbocycles. The molecule has 1 N–H and O–H groups in total. The quantitative estimate of drug-likeness (QED) is 0.222. The lowest BCUT2D eigenvalue weighted by Crippen LogP contribution is -2.58. The van der Waals surface area contributed by atoms with Gasteiger partial charge in [0.1, 0.15) is 0 Å². The molecule has 0 aromatic heterocycles. The van der Waals surface area contributed by atoms with Crippen molar-refractivity contribution in [3.8, 4) is 0 Å². The average Bonchev–Trinajstić information content (AvgIpc) is 1.37. The zero-order valence-electron chi connectivity index (χ0n) is 1.86. The van der Waals surface area contributed by atoms with Crippen molar-refractivity contribution < 1.29 is 5.16 Å². The van der Waals surface area contributed by atoms with E-state index in [1.165, 1.54) is 5.16 Å². The van der Waals surface area contributed by atoms with Crippen molar-refractivity contribution >= 4 is 17.3 Å². The Morgan fingerprint density at radius 1 is 2.00 bits per heavy atom. The molecular formula is CH2ClNO. The summed E-state index contributed by atoms with van der Waals surface area (Å²) in [5.41, 5.74) is 0.792. The molecule has 0 saturated heterocycles. The third-order valence-corrected chi connectivity index (χ3v) is 0.134. The summed E-state index contributed by atoms with van der Waals surface area (Å²) in [5, 5.41) is 10.2. The second-order valence-electron chi connectivity index (χ2n) is 0.227. The third kappa shape index (κ3) is 1.76. The van der Waals surface area contributed by atoms with Crippen LogP contribution in [0.4, 0.5) is 0 Å². The molecule has 0 aliphatic heterocycles. The second kappa shape index (κ2) is 2.76. The topological polar surface area (TPSA) is 37.0 Å². The van der Waals surface area contributed by atoms with Gasteiger partial charge in [-0.2, -0.15) is 0 Å². The Bertz CT molecular complexity index is 23.2. The molecule has 0 rings (SSSR count). The van der Waals surface area contributed by atoms with Crippen LogP contribution < -0.4 is 5.16 Å². The van der Waals surface area contributed by atoms with E-state index in [0.29, 0.717) is 0 Å². The third-order valence-electron chi connectivity index (χ3n) is 0.0445. The van der Waals surface area contributed by atoms with E-state index < -0.39 is 0 Å². The van der Waals surface area contributed by atoms with Gasteiger partial charge in [0.2, 0.25) is 5.67 Å². The first-order chi connectivity index (χ1) is 1.91.